The Bertz CT molecular complexity index is 840. The minimum absolute atomic E-state index is 0.253. The second kappa shape index (κ2) is 4.92. The summed E-state index contributed by atoms with van der Waals surface area (Å²) in [4.78, 5) is 17.3. The number of hydrogen-bond donors (Lipinski definition) is 0. The Hall–Kier alpha value is -1.73. The molecular formula is C13H10ClFN2O3S. The lowest BCUT2D eigenvalue weighted by atomic mass is 10.2. The lowest BCUT2D eigenvalue weighted by Crippen LogP contribution is -2.27. The van der Waals surface area contributed by atoms with Crippen LogP contribution >= 0.6 is 11.6 Å². The first kappa shape index (κ1) is 14.2. The summed E-state index contributed by atoms with van der Waals surface area (Å²) in [5.41, 5.74) is 0.957. The van der Waals surface area contributed by atoms with Crippen molar-refractivity contribution < 1.29 is 17.1 Å². The molecule has 0 radical (unpaired) electrons. The molecule has 1 aliphatic heterocycles. The van der Waals surface area contributed by atoms with Crippen LogP contribution in [0.5, 0.6) is 0 Å². The molecule has 110 valence electrons. The first-order valence-electron chi connectivity index (χ1n) is 6.15. The molecule has 1 fully saturated rings. The highest BCUT2D eigenvalue weighted by Crippen LogP contribution is 2.35. The summed E-state index contributed by atoms with van der Waals surface area (Å²) in [5.74, 6) is -0.486. The van der Waals surface area contributed by atoms with Crippen LogP contribution in [0, 0.1) is 0 Å². The molecule has 5 nitrogen and oxygen atoms in total. The van der Waals surface area contributed by atoms with Crippen LogP contribution < -0.4 is 4.90 Å². The van der Waals surface area contributed by atoms with Gasteiger partial charge in [-0.1, -0.05) is 29.8 Å². The van der Waals surface area contributed by atoms with Crippen molar-refractivity contribution in [3.8, 4) is 0 Å². The molecule has 0 spiro atoms. The average molecular weight is 329 g/mol. The molecule has 3 rings (SSSR count). The Labute approximate surface area is 125 Å². The maximum absolute atomic E-state index is 13.1. The van der Waals surface area contributed by atoms with Gasteiger partial charge in [-0.15, -0.1) is 3.89 Å². The first-order valence-corrected chi connectivity index (χ1v) is 7.97. The van der Waals surface area contributed by atoms with Crippen LogP contribution in [0.3, 0.4) is 0 Å². The van der Waals surface area contributed by atoms with Gasteiger partial charge in [-0.25, -0.2) is 0 Å². The van der Waals surface area contributed by atoms with Crippen LogP contribution in [0.15, 0.2) is 30.5 Å². The summed E-state index contributed by atoms with van der Waals surface area (Å²) in [5, 5.41) is -0.408. The van der Waals surface area contributed by atoms with Crippen molar-refractivity contribution in [3.63, 3.8) is 0 Å². The second-order valence-corrected chi connectivity index (χ2v) is 6.78. The number of aromatic nitrogens is 1. The average Bonchev–Trinajstić information content (AvgIpc) is 2.82. The number of anilines is 1. The zero-order valence-corrected chi connectivity index (χ0v) is 12.2. The van der Waals surface area contributed by atoms with E-state index in [0.717, 1.165) is 0 Å². The lowest BCUT2D eigenvalue weighted by molar-refractivity contribution is -0.117. The number of rotatable bonds is 2. The zero-order chi connectivity index (χ0) is 15.2. The summed E-state index contributed by atoms with van der Waals surface area (Å²) in [7, 11) is -4.76. The van der Waals surface area contributed by atoms with Gasteiger partial charge in [0.15, 0.2) is 0 Å². The van der Waals surface area contributed by atoms with Crippen molar-refractivity contribution >= 4 is 44.3 Å². The predicted molar refractivity (Wildman–Crippen MR) is 77.5 cm³/mol. The topological polar surface area (TPSA) is 67.3 Å². The molecular weight excluding hydrogens is 319 g/mol. The van der Waals surface area contributed by atoms with E-state index in [1.54, 1.807) is 24.3 Å². The van der Waals surface area contributed by atoms with Gasteiger partial charge < -0.3 is 4.90 Å². The van der Waals surface area contributed by atoms with E-state index in [1.807, 2.05) is 0 Å². The van der Waals surface area contributed by atoms with Crippen LogP contribution in [-0.2, 0) is 15.0 Å². The molecule has 0 saturated carbocycles. The van der Waals surface area contributed by atoms with Crippen LogP contribution in [0.25, 0.3) is 10.9 Å². The van der Waals surface area contributed by atoms with Gasteiger partial charge in [-0.2, -0.15) is 8.42 Å². The third-order valence-electron chi connectivity index (χ3n) is 3.47. The van der Waals surface area contributed by atoms with Crippen molar-refractivity contribution in [2.45, 2.75) is 11.7 Å². The molecule has 1 amide bonds. The van der Waals surface area contributed by atoms with Gasteiger partial charge in [0.2, 0.25) is 5.91 Å². The Kier molecular flexibility index (Phi) is 3.33. The van der Waals surface area contributed by atoms with E-state index in [-0.39, 0.29) is 13.0 Å². The normalized spacial score (nSPS) is 19.4. The summed E-state index contributed by atoms with van der Waals surface area (Å²) in [6, 6.07) is 7.10. The molecule has 1 unspecified atom stereocenters. The molecule has 1 aromatic heterocycles. The van der Waals surface area contributed by atoms with E-state index in [1.165, 1.54) is 11.1 Å². The largest absolute Gasteiger partial charge is 0.308 e. The zero-order valence-electron chi connectivity index (χ0n) is 10.7. The number of nitrogens with zero attached hydrogens (tertiary/aromatic N) is 2. The van der Waals surface area contributed by atoms with Gasteiger partial charge in [0.05, 0.1) is 22.4 Å². The van der Waals surface area contributed by atoms with Crippen LogP contribution in [0.2, 0.25) is 5.02 Å². The quantitative estimate of drug-likeness (QED) is 0.793. The van der Waals surface area contributed by atoms with Crippen molar-refractivity contribution in [1.82, 2.24) is 4.98 Å². The van der Waals surface area contributed by atoms with Crippen LogP contribution in [0.1, 0.15) is 6.42 Å². The highest BCUT2D eigenvalue weighted by molar-refractivity contribution is 7.87. The number of pyridine rings is 1. The van der Waals surface area contributed by atoms with Gasteiger partial charge in [0.1, 0.15) is 5.25 Å². The monoisotopic (exact) mass is 328 g/mol. The first-order chi connectivity index (χ1) is 9.88. The molecule has 0 bridgehead atoms. The molecule has 2 heterocycles. The van der Waals surface area contributed by atoms with Crippen LogP contribution in [0.4, 0.5) is 9.57 Å². The maximum Gasteiger partial charge on any atom is 0.307 e. The summed E-state index contributed by atoms with van der Waals surface area (Å²) < 4.78 is 35.0. The fourth-order valence-electron chi connectivity index (χ4n) is 2.38. The van der Waals surface area contributed by atoms with E-state index in [4.69, 9.17) is 11.6 Å². The fourth-order valence-corrected chi connectivity index (χ4v) is 3.36. The minimum atomic E-state index is -4.76. The van der Waals surface area contributed by atoms with E-state index in [0.29, 0.717) is 21.6 Å². The summed E-state index contributed by atoms with van der Waals surface area (Å²) in [6.07, 6.45) is 1.01. The van der Waals surface area contributed by atoms with Crippen LogP contribution in [-0.4, -0.2) is 31.1 Å². The standard InChI is InChI=1S/C13H10ClFN2O3S/c14-13-9-3-1-2-4-10(9)16-6-11(13)17-7-8(5-12(17)18)21(15,19)20/h1-4,6,8H,5,7H2. The second-order valence-electron chi connectivity index (χ2n) is 4.78. The van der Waals surface area contributed by atoms with E-state index >= 15 is 0 Å². The number of amides is 1. The Balaban J connectivity index is 2.05. The predicted octanol–water partition coefficient (Wildman–Crippen LogP) is 2.29. The van der Waals surface area contributed by atoms with Crippen molar-refractivity contribution in [2.24, 2.45) is 0 Å². The lowest BCUT2D eigenvalue weighted by Gasteiger charge is -2.18. The molecule has 1 saturated heterocycles. The van der Waals surface area contributed by atoms with Gasteiger partial charge in [-0.05, 0) is 6.07 Å². The third-order valence-corrected chi connectivity index (χ3v) is 4.98. The molecule has 2 aromatic rings. The molecule has 0 aliphatic carbocycles. The van der Waals surface area contributed by atoms with Gasteiger partial charge in [0, 0.05) is 18.4 Å². The van der Waals surface area contributed by atoms with Crippen molar-refractivity contribution in [3.05, 3.63) is 35.5 Å². The summed E-state index contributed by atoms with van der Waals surface area (Å²) in [6.45, 7) is -0.253. The van der Waals surface area contributed by atoms with Gasteiger partial charge in [0.25, 0.3) is 0 Å². The number of carbonyl (C=O) groups excluding carboxylic acids is 1. The van der Waals surface area contributed by atoms with Gasteiger partial charge >= 0.3 is 10.2 Å². The fraction of sp³-hybridized carbons (Fsp3) is 0.231. The SMILES string of the molecule is O=C1CC(S(=O)(=O)F)CN1c1cnc2ccccc2c1Cl. The van der Waals surface area contributed by atoms with E-state index < -0.39 is 21.4 Å². The molecule has 1 atom stereocenters. The highest BCUT2D eigenvalue weighted by Gasteiger charge is 2.39. The molecule has 0 N–H and O–H groups in total. The highest BCUT2D eigenvalue weighted by atomic mass is 35.5. The number of hydrogen-bond acceptors (Lipinski definition) is 4. The summed E-state index contributed by atoms with van der Waals surface area (Å²) >= 11 is 6.27. The number of fused-ring (bicyclic) bond motifs is 1. The minimum Gasteiger partial charge on any atom is -0.308 e. The smallest absolute Gasteiger partial charge is 0.307 e. The van der Waals surface area contributed by atoms with E-state index in [2.05, 4.69) is 4.98 Å². The van der Waals surface area contributed by atoms with Crippen molar-refractivity contribution in [2.75, 3.05) is 11.4 Å². The Morgan fingerprint density at radius 1 is 1.33 bits per heavy atom. The Morgan fingerprint density at radius 2 is 2.05 bits per heavy atom. The number of carbonyl (C=O) groups is 1. The number of para-hydroxylation sites is 1. The maximum atomic E-state index is 13.1. The third kappa shape index (κ3) is 2.47. The van der Waals surface area contributed by atoms with E-state index in [9.17, 15) is 17.1 Å². The number of benzene rings is 1. The molecule has 8 heteroatoms. The molecule has 21 heavy (non-hydrogen) atoms. The van der Waals surface area contributed by atoms with Gasteiger partial charge in [-0.3, -0.25) is 9.78 Å². The van der Waals surface area contributed by atoms with Crippen molar-refractivity contribution in [1.29, 1.82) is 0 Å². The Morgan fingerprint density at radius 3 is 2.71 bits per heavy atom. The number of halogens is 2. The molecule has 1 aliphatic rings. The molecule has 1 aromatic carbocycles.